The van der Waals surface area contributed by atoms with Crippen molar-refractivity contribution in [3.8, 4) is 0 Å². The van der Waals surface area contributed by atoms with Gasteiger partial charge in [0.1, 0.15) is 6.54 Å². The fourth-order valence-electron chi connectivity index (χ4n) is 1.76. The molecular formula is C13H19F3N4O2. The SMILES string of the molecule is CCN(CC(=O)NC(C)C)C(=O)Cn1ccc(C(F)(F)F)n1. The molecule has 0 aromatic carbocycles. The molecule has 0 bridgehead atoms. The monoisotopic (exact) mass is 320 g/mol. The summed E-state index contributed by atoms with van der Waals surface area (Å²) in [5.41, 5.74) is -1.05. The Labute approximate surface area is 126 Å². The zero-order valence-corrected chi connectivity index (χ0v) is 12.6. The molecule has 0 saturated carbocycles. The van der Waals surface area contributed by atoms with Gasteiger partial charge in [0, 0.05) is 18.8 Å². The average Bonchev–Trinajstić information content (AvgIpc) is 2.83. The van der Waals surface area contributed by atoms with E-state index in [1.165, 1.54) is 4.90 Å². The first-order valence-corrected chi connectivity index (χ1v) is 6.81. The molecule has 1 rings (SSSR count). The number of likely N-dealkylation sites (N-methyl/N-ethyl adjacent to an activating group) is 1. The number of alkyl halides is 3. The highest BCUT2D eigenvalue weighted by Gasteiger charge is 2.33. The Morgan fingerprint density at radius 1 is 1.41 bits per heavy atom. The minimum atomic E-state index is -4.55. The van der Waals surface area contributed by atoms with Gasteiger partial charge in [0.25, 0.3) is 0 Å². The van der Waals surface area contributed by atoms with Crippen LogP contribution in [0, 0.1) is 0 Å². The summed E-state index contributed by atoms with van der Waals surface area (Å²) in [4.78, 5) is 24.9. The molecule has 1 heterocycles. The van der Waals surface area contributed by atoms with Gasteiger partial charge in [-0.3, -0.25) is 14.3 Å². The number of carbonyl (C=O) groups excluding carboxylic acids is 2. The van der Waals surface area contributed by atoms with E-state index in [2.05, 4.69) is 10.4 Å². The molecule has 0 saturated heterocycles. The number of amides is 2. The van der Waals surface area contributed by atoms with Crippen LogP contribution in [0.1, 0.15) is 26.5 Å². The molecule has 0 aliphatic heterocycles. The number of hydrogen-bond donors (Lipinski definition) is 1. The fraction of sp³-hybridized carbons (Fsp3) is 0.615. The van der Waals surface area contributed by atoms with E-state index in [-0.39, 0.29) is 31.6 Å². The second-order valence-corrected chi connectivity index (χ2v) is 5.03. The highest BCUT2D eigenvalue weighted by atomic mass is 19.4. The normalized spacial score (nSPS) is 11.6. The number of aromatic nitrogens is 2. The lowest BCUT2D eigenvalue weighted by molar-refractivity contribution is -0.142. The summed E-state index contributed by atoms with van der Waals surface area (Å²) in [6, 6.07) is 0.747. The quantitative estimate of drug-likeness (QED) is 0.858. The van der Waals surface area contributed by atoms with E-state index in [0.29, 0.717) is 0 Å². The molecule has 0 spiro atoms. The van der Waals surface area contributed by atoms with Crippen LogP contribution >= 0.6 is 0 Å². The zero-order valence-electron chi connectivity index (χ0n) is 12.6. The van der Waals surface area contributed by atoms with Gasteiger partial charge in [-0.2, -0.15) is 18.3 Å². The first kappa shape index (κ1) is 18.0. The average molecular weight is 320 g/mol. The van der Waals surface area contributed by atoms with Crippen molar-refractivity contribution in [2.75, 3.05) is 13.1 Å². The van der Waals surface area contributed by atoms with E-state index in [9.17, 15) is 22.8 Å². The van der Waals surface area contributed by atoms with Crippen molar-refractivity contribution in [3.05, 3.63) is 18.0 Å². The third-order valence-electron chi connectivity index (χ3n) is 2.75. The van der Waals surface area contributed by atoms with E-state index in [1.807, 2.05) is 0 Å². The van der Waals surface area contributed by atoms with Gasteiger partial charge in [-0.15, -0.1) is 0 Å². The first-order chi connectivity index (χ1) is 10.1. The molecule has 0 aliphatic rings. The third-order valence-corrected chi connectivity index (χ3v) is 2.75. The standard InChI is InChI=1S/C13H19F3N4O2/c1-4-19(7-11(21)17-9(2)3)12(22)8-20-6-5-10(18-20)13(14,15)16/h5-6,9H,4,7-8H2,1-3H3,(H,17,21). The molecular weight excluding hydrogens is 301 g/mol. The molecule has 0 unspecified atom stereocenters. The Morgan fingerprint density at radius 3 is 2.50 bits per heavy atom. The summed E-state index contributed by atoms with van der Waals surface area (Å²) in [5, 5.41) is 5.96. The van der Waals surface area contributed by atoms with Gasteiger partial charge in [0.2, 0.25) is 11.8 Å². The van der Waals surface area contributed by atoms with Gasteiger partial charge in [-0.05, 0) is 26.8 Å². The Hall–Kier alpha value is -2.06. The van der Waals surface area contributed by atoms with Crippen LogP contribution in [0.25, 0.3) is 0 Å². The van der Waals surface area contributed by atoms with Gasteiger partial charge in [0.15, 0.2) is 5.69 Å². The Bertz CT molecular complexity index is 526. The van der Waals surface area contributed by atoms with Crippen LogP contribution < -0.4 is 5.32 Å². The van der Waals surface area contributed by atoms with Gasteiger partial charge in [-0.1, -0.05) is 0 Å². The van der Waals surface area contributed by atoms with Crippen LogP contribution in [-0.4, -0.2) is 45.6 Å². The van der Waals surface area contributed by atoms with Crippen LogP contribution in [0.5, 0.6) is 0 Å². The molecule has 124 valence electrons. The summed E-state index contributed by atoms with van der Waals surface area (Å²) < 4.78 is 38.2. The Kier molecular flexibility index (Phi) is 5.95. The first-order valence-electron chi connectivity index (χ1n) is 6.81. The van der Waals surface area contributed by atoms with E-state index in [1.54, 1.807) is 20.8 Å². The van der Waals surface area contributed by atoms with E-state index in [0.717, 1.165) is 16.9 Å². The highest BCUT2D eigenvalue weighted by molar-refractivity contribution is 5.84. The van der Waals surface area contributed by atoms with Crippen LogP contribution in [0.2, 0.25) is 0 Å². The Morgan fingerprint density at radius 2 is 2.05 bits per heavy atom. The predicted molar refractivity (Wildman–Crippen MR) is 72.8 cm³/mol. The van der Waals surface area contributed by atoms with Crippen molar-refractivity contribution in [1.29, 1.82) is 0 Å². The molecule has 1 aromatic heterocycles. The molecule has 1 N–H and O–H groups in total. The maximum absolute atomic E-state index is 12.4. The molecule has 6 nitrogen and oxygen atoms in total. The Balaban J connectivity index is 2.65. The summed E-state index contributed by atoms with van der Waals surface area (Å²) in [5.74, 6) is -0.792. The predicted octanol–water partition coefficient (Wildman–Crippen LogP) is 1.28. The number of nitrogens with zero attached hydrogens (tertiary/aromatic N) is 3. The van der Waals surface area contributed by atoms with Crippen molar-refractivity contribution < 1.29 is 22.8 Å². The van der Waals surface area contributed by atoms with E-state index < -0.39 is 17.8 Å². The summed E-state index contributed by atoms with van der Waals surface area (Å²) in [6.45, 7) is 5.05. The lowest BCUT2D eigenvalue weighted by Gasteiger charge is -2.21. The fourth-order valence-corrected chi connectivity index (χ4v) is 1.76. The summed E-state index contributed by atoms with van der Waals surface area (Å²) in [7, 11) is 0. The van der Waals surface area contributed by atoms with Crippen molar-refractivity contribution in [1.82, 2.24) is 20.0 Å². The van der Waals surface area contributed by atoms with Gasteiger partial charge in [0.05, 0.1) is 6.54 Å². The second kappa shape index (κ2) is 7.28. The molecule has 0 aliphatic carbocycles. The molecule has 0 atom stereocenters. The summed E-state index contributed by atoms with van der Waals surface area (Å²) >= 11 is 0. The number of halogens is 3. The minimum Gasteiger partial charge on any atom is -0.352 e. The second-order valence-electron chi connectivity index (χ2n) is 5.03. The zero-order chi connectivity index (χ0) is 16.9. The number of nitrogens with one attached hydrogen (secondary N) is 1. The number of hydrogen-bond acceptors (Lipinski definition) is 3. The highest BCUT2D eigenvalue weighted by Crippen LogP contribution is 2.27. The molecule has 2 amide bonds. The van der Waals surface area contributed by atoms with Gasteiger partial charge < -0.3 is 10.2 Å². The van der Waals surface area contributed by atoms with Gasteiger partial charge in [-0.25, -0.2) is 0 Å². The maximum Gasteiger partial charge on any atom is 0.435 e. The third kappa shape index (κ3) is 5.38. The van der Waals surface area contributed by atoms with Crippen LogP contribution in [0.15, 0.2) is 12.3 Å². The number of carbonyl (C=O) groups is 2. The van der Waals surface area contributed by atoms with Crippen LogP contribution in [0.3, 0.4) is 0 Å². The molecule has 22 heavy (non-hydrogen) atoms. The topological polar surface area (TPSA) is 67.2 Å². The lowest BCUT2D eigenvalue weighted by atomic mass is 10.3. The summed E-state index contributed by atoms with van der Waals surface area (Å²) in [6.07, 6.45) is -3.46. The van der Waals surface area contributed by atoms with E-state index >= 15 is 0 Å². The van der Waals surface area contributed by atoms with Crippen molar-refractivity contribution in [2.24, 2.45) is 0 Å². The molecule has 1 aromatic rings. The van der Waals surface area contributed by atoms with Crippen LogP contribution in [0.4, 0.5) is 13.2 Å². The minimum absolute atomic E-state index is 0.0539. The van der Waals surface area contributed by atoms with Crippen molar-refractivity contribution in [3.63, 3.8) is 0 Å². The lowest BCUT2D eigenvalue weighted by Crippen LogP contribution is -2.43. The largest absolute Gasteiger partial charge is 0.435 e. The molecule has 0 radical (unpaired) electrons. The maximum atomic E-state index is 12.4. The van der Waals surface area contributed by atoms with Crippen LogP contribution in [-0.2, 0) is 22.3 Å². The molecule has 9 heteroatoms. The van der Waals surface area contributed by atoms with Crippen molar-refractivity contribution >= 4 is 11.8 Å². The number of rotatable bonds is 6. The van der Waals surface area contributed by atoms with E-state index in [4.69, 9.17) is 0 Å². The van der Waals surface area contributed by atoms with Crippen molar-refractivity contribution in [2.45, 2.75) is 39.5 Å². The smallest absolute Gasteiger partial charge is 0.352 e. The molecule has 0 fully saturated rings. The van der Waals surface area contributed by atoms with Gasteiger partial charge >= 0.3 is 6.18 Å².